The van der Waals surface area contributed by atoms with E-state index in [0.29, 0.717) is 24.2 Å². The molecule has 0 aliphatic carbocycles. The zero-order valence-corrected chi connectivity index (χ0v) is 18.5. The first-order valence-electron chi connectivity index (χ1n) is 9.73. The molecule has 1 aromatic carbocycles. The van der Waals surface area contributed by atoms with Gasteiger partial charge in [0.25, 0.3) is 0 Å². The summed E-state index contributed by atoms with van der Waals surface area (Å²) in [6.45, 7) is 5.36. The topological polar surface area (TPSA) is 81.7 Å². The van der Waals surface area contributed by atoms with Gasteiger partial charge < -0.3 is 14.9 Å². The molecule has 2 bridgehead atoms. The van der Waals surface area contributed by atoms with Gasteiger partial charge in [0.15, 0.2) is 0 Å². The van der Waals surface area contributed by atoms with E-state index in [-0.39, 0.29) is 17.4 Å². The van der Waals surface area contributed by atoms with Crippen LogP contribution in [-0.2, 0) is 22.1 Å². The lowest BCUT2D eigenvalue weighted by Gasteiger charge is -2.43. The summed E-state index contributed by atoms with van der Waals surface area (Å²) in [6.07, 6.45) is -3.84. The smallest absolute Gasteiger partial charge is 0.417 e. The second-order valence-electron chi connectivity index (χ2n) is 8.39. The van der Waals surface area contributed by atoms with Gasteiger partial charge in [-0.25, -0.2) is 0 Å². The van der Waals surface area contributed by atoms with Crippen molar-refractivity contribution in [2.24, 2.45) is 0 Å². The van der Waals surface area contributed by atoms with Crippen molar-refractivity contribution in [3.63, 3.8) is 0 Å². The van der Waals surface area contributed by atoms with Gasteiger partial charge >= 0.3 is 6.18 Å². The van der Waals surface area contributed by atoms with Crippen molar-refractivity contribution in [3.8, 4) is 23.5 Å². The Labute approximate surface area is 185 Å². The fraction of sp³-hybridized carbons (Fsp3) is 0.476. The van der Waals surface area contributed by atoms with Crippen LogP contribution in [0.2, 0.25) is 0 Å². The number of morpholine rings is 1. The van der Waals surface area contributed by atoms with Crippen LogP contribution in [0.15, 0.2) is 18.2 Å². The molecule has 2 atom stereocenters. The molecule has 1 fully saturated rings. The number of ether oxygens (including phenoxy) is 1. The van der Waals surface area contributed by atoms with Crippen molar-refractivity contribution in [3.05, 3.63) is 40.5 Å². The van der Waals surface area contributed by atoms with Gasteiger partial charge in [-0.05, 0) is 45.0 Å². The Bertz CT molecular complexity index is 1050. The number of aromatic hydroxyl groups is 2. The molecule has 0 radical (unpaired) electrons. The molecule has 2 aliphatic rings. The molecule has 166 valence electrons. The highest BCUT2D eigenvalue weighted by atomic mass is 79.9. The first-order chi connectivity index (χ1) is 14.4. The minimum atomic E-state index is -4.75. The second-order valence-corrected chi connectivity index (χ2v) is 9.18. The lowest BCUT2D eigenvalue weighted by Crippen LogP contribution is -2.51. The van der Waals surface area contributed by atoms with E-state index >= 15 is 0 Å². The number of aromatic nitrogens is 1. The lowest BCUT2D eigenvalue weighted by molar-refractivity contribution is -0.186. The normalized spacial score (nSPS) is 25.5. The highest BCUT2D eigenvalue weighted by Gasteiger charge is 2.58. The molecule has 6 nitrogen and oxygen atoms in total. The van der Waals surface area contributed by atoms with Gasteiger partial charge in [0.05, 0.1) is 34.0 Å². The van der Waals surface area contributed by atoms with E-state index in [1.54, 1.807) is 13.8 Å². The average molecular weight is 500 g/mol. The zero-order chi connectivity index (χ0) is 22.8. The molecule has 1 aromatic heterocycles. The Morgan fingerprint density at radius 2 is 1.74 bits per heavy atom. The van der Waals surface area contributed by atoms with E-state index in [0.717, 1.165) is 35.0 Å². The summed E-state index contributed by atoms with van der Waals surface area (Å²) in [5.74, 6) is -0.724. The minimum Gasteiger partial charge on any atom is -0.494 e. The van der Waals surface area contributed by atoms with Crippen LogP contribution in [0.1, 0.15) is 42.5 Å². The maximum Gasteiger partial charge on any atom is 0.417 e. The predicted molar refractivity (Wildman–Crippen MR) is 109 cm³/mol. The Kier molecular flexibility index (Phi) is 5.07. The highest BCUT2D eigenvalue weighted by Crippen LogP contribution is 2.59. The van der Waals surface area contributed by atoms with Gasteiger partial charge in [0, 0.05) is 18.4 Å². The number of fused-ring (bicyclic) bond motifs is 5. The molecule has 0 spiro atoms. The van der Waals surface area contributed by atoms with Crippen molar-refractivity contribution < 1.29 is 28.1 Å². The van der Waals surface area contributed by atoms with Gasteiger partial charge in [0.2, 0.25) is 11.8 Å². The van der Waals surface area contributed by atoms with Crippen molar-refractivity contribution in [1.82, 2.24) is 9.47 Å². The average Bonchev–Trinajstić information content (AvgIpc) is 3.05. The first-order valence-corrected chi connectivity index (χ1v) is 10.8. The Hall–Kier alpha value is -2.22. The molecule has 3 heterocycles. The van der Waals surface area contributed by atoms with Gasteiger partial charge in [-0.2, -0.15) is 18.4 Å². The van der Waals surface area contributed by atoms with Crippen LogP contribution < -0.4 is 0 Å². The van der Waals surface area contributed by atoms with Crippen LogP contribution in [0.4, 0.5) is 13.2 Å². The number of hydrogen-bond acceptors (Lipinski definition) is 5. The first kappa shape index (κ1) is 22.0. The van der Waals surface area contributed by atoms with Crippen LogP contribution in [0.25, 0.3) is 5.69 Å². The van der Waals surface area contributed by atoms with Crippen molar-refractivity contribution in [2.75, 3.05) is 25.0 Å². The third-order valence-corrected chi connectivity index (χ3v) is 6.54. The third-order valence-electron chi connectivity index (χ3n) is 5.97. The molecule has 1 saturated heterocycles. The number of nitriles is 1. The number of hydrogen-bond donors (Lipinski definition) is 2. The van der Waals surface area contributed by atoms with Crippen LogP contribution in [0.5, 0.6) is 11.8 Å². The van der Waals surface area contributed by atoms with E-state index < -0.39 is 28.5 Å². The van der Waals surface area contributed by atoms with Gasteiger partial charge in [-0.1, -0.05) is 15.9 Å². The molecule has 2 aliphatic heterocycles. The van der Waals surface area contributed by atoms with Crippen molar-refractivity contribution in [1.29, 1.82) is 5.26 Å². The Morgan fingerprint density at radius 1 is 1.16 bits per heavy atom. The maximum atomic E-state index is 13.4. The lowest BCUT2D eigenvalue weighted by atomic mass is 9.94. The molecule has 2 aromatic rings. The fourth-order valence-electron chi connectivity index (χ4n) is 4.97. The summed E-state index contributed by atoms with van der Waals surface area (Å²) in [4.78, 5) is 2.19. The molecule has 0 amide bonds. The summed E-state index contributed by atoms with van der Waals surface area (Å²) in [7, 11) is 0. The minimum absolute atomic E-state index is 0.0860. The SMILES string of the molecule is CC12CN(CCCBr)CC(C)(O1)c1c2c(O)n(-c2ccc(C#N)c(C(F)(F)F)c2)c1O. The summed E-state index contributed by atoms with van der Waals surface area (Å²) in [5, 5.41) is 32.0. The third kappa shape index (κ3) is 3.30. The number of benzene rings is 1. The number of nitrogens with zero attached hydrogens (tertiary/aromatic N) is 3. The summed E-state index contributed by atoms with van der Waals surface area (Å²) in [6, 6.07) is 4.60. The predicted octanol–water partition coefficient (Wildman–Crippen LogP) is 4.34. The molecule has 2 N–H and O–H groups in total. The van der Waals surface area contributed by atoms with Gasteiger partial charge in [0.1, 0.15) is 11.2 Å². The van der Waals surface area contributed by atoms with Gasteiger partial charge in [-0.15, -0.1) is 0 Å². The van der Waals surface area contributed by atoms with Crippen LogP contribution in [-0.4, -0.2) is 44.6 Å². The van der Waals surface area contributed by atoms with Gasteiger partial charge in [-0.3, -0.25) is 9.47 Å². The number of rotatable bonds is 4. The molecule has 10 heteroatoms. The Balaban J connectivity index is 1.86. The highest BCUT2D eigenvalue weighted by molar-refractivity contribution is 9.09. The second kappa shape index (κ2) is 7.15. The fourth-order valence-corrected chi connectivity index (χ4v) is 5.22. The quantitative estimate of drug-likeness (QED) is 0.611. The molecule has 4 rings (SSSR count). The molecular formula is C21H21BrF3N3O3. The summed E-state index contributed by atoms with van der Waals surface area (Å²) in [5.41, 5.74) is -2.84. The van der Waals surface area contributed by atoms with E-state index in [4.69, 9.17) is 10.00 Å². The van der Waals surface area contributed by atoms with E-state index in [1.807, 2.05) is 0 Å². The standard InChI is InChI=1S/C21H21BrF3N3O3/c1-19-10-27(7-3-6-22)11-20(2,31-19)16-15(19)17(29)28(18(16)30)13-5-4-12(9-26)14(8-13)21(23,24)25/h4-5,8,29-30H,3,6-7,10-11H2,1-2H3. The van der Waals surface area contributed by atoms with Crippen molar-refractivity contribution >= 4 is 15.9 Å². The van der Waals surface area contributed by atoms with Crippen molar-refractivity contribution in [2.45, 2.75) is 37.6 Å². The zero-order valence-electron chi connectivity index (χ0n) is 16.9. The van der Waals surface area contributed by atoms with Crippen LogP contribution in [0.3, 0.4) is 0 Å². The Morgan fingerprint density at radius 3 is 2.23 bits per heavy atom. The van der Waals surface area contributed by atoms with E-state index in [1.165, 1.54) is 12.1 Å². The molecule has 0 saturated carbocycles. The summed E-state index contributed by atoms with van der Waals surface area (Å²) < 4.78 is 47.5. The largest absolute Gasteiger partial charge is 0.494 e. The number of halogens is 4. The van der Waals surface area contributed by atoms with Crippen LogP contribution >= 0.6 is 15.9 Å². The van der Waals surface area contributed by atoms with Crippen LogP contribution in [0, 0.1) is 11.3 Å². The molecule has 31 heavy (non-hydrogen) atoms. The van der Waals surface area contributed by atoms with E-state index in [2.05, 4.69) is 20.8 Å². The maximum absolute atomic E-state index is 13.4. The number of alkyl halides is 4. The molecular weight excluding hydrogens is 479 g/mol. The van der Waals surface area contributed by atoms with E-state index in [9.17, 15) is 23.4 Å². The molecule has 2 unspecified atom stereocenters. The monoisotopic (exact) mass is 499 g/mol. The summed E-state index contributed by atoms with van der Waals surface area (Å²) >= 11 is 3.42.